The van der Waals surface area contributed by atoms with Gasteiger partial charge in [-0.15, -0.1) is 0 Å². The standard InChI is InChI=1S/C10H20N4O2/c15-7-9-3-1-5-13(9)11-12-14-6-2-4-10(14)8-16/h9-10,15-16H,1-8H2/b12-11+. The second-order valence-corrected chi connectivity index (χ2v) is 4.46. The van der Waals surface area contributed by atoms with Gasteiger partial charge in [-0.1, -0.05) is 10.4 Å². The molecular weight excluding hydrogens is 208 g/mol. The molecule has 0 radical (unpaired) electrons. The van der Waals surface area contributed by atoms with Gasteiger partial charge in [0, 0.05) is 13.1 Å². The van der Waals surface area contributed by atoms with Crippen LogP contribution in [-0.2, 0) is 0 Å². The number of hydrogen-bond acceptors (Lipinski definition) is 4. The van der Waals surface area contributed by atoms with Gasteiger partial charge in [0.15, 0.2) is 0 Å². The van der Waals surface area contributed by atoms with Gasteiger partial charge < -0.3 is 10.2 Å². The van der Waals surface area contributed by atoms with Crippen LogP contribution in [0.25, 0.3) is 0 Å². The lowest BCUT2D eigenvalue weighted by atomic mass is 10.2. The molecule has 2 N–H and O–H groups in total. The first-order valence-electron chi connectivity index (χ1n) is 6.01. The van der Waals surface area contributed by atoms with Crippen LogP contribution in [0.4, 0.5) is 0 Å². The summed E-state index contributed by atoms with van der Waals surface area (Å²) in [7, 11) is 0. The maximum Gasteiger partial charge on any atom is 0.0719 e. The van der Waals surface area contributed by atoms with Crippen LogP contribution < -0.4 is 0 Å². The predicted octanol–water partition coefficient (Wildman–Crippen LogP) is 0.182. The molecule has 2 unspecified atom stereocenters. The van der Waals surface area contributed by atoms with Gasteiger partial charge >= 0.3 is 0 Å². The van der Waals surface area contributed by atoms with Crippen molar-refractivity contribution in [3.63, 3.8) is 0 Å². The molecule has 0 aromatic heterocycles. The summed E-state index contributed by atoms with van der Waals surface area (Å²) >= 11 is 0. The smallest absolute Gasteiger partial charge is 0.0719 e. The van der Waals surface area contributed by atoms with Gasteiger partial charge in [-0.25, -0.2) is 0 Å². The molecule has 2 fully saturated rings. The van der Waals surface area contributed by atoms with E-state index in [1.54, 1.807) is 0 Å². The van der Waals surface area contributed by atoms with Crippen LogP contribution in [0.3, 0.4) is 0 Å². The number of aliphatic hydroxyl groups excluding tert-OH is 2. The van der Waals surface area contributed by atoms with E-state index in [-0.39, 0.29) is 25.3 Å². The van der Waals surface area contributed by atoms with Crippen LogP contribution in [0.15, 0.2) is 10.4 Å². The quantitative estimate of drug-likeness (QED) is 0.673. The first-order valence-corrected chi connectivity index (χ1v) is 6.01. The van der Waals surface area contributed by atoms with E-state index >= 15 is 0 Å². The van der Waals surface area contributed by atoms with Gasteiger partial charge in [-0.05, 0) is 25.7 Å². The van der Waals surface area contributed by atoms with Crippen molar-refractivity contribution >= 4 is 0 Å². The number of hydrogen-bond donors (Lipinski definition) is 2. The molecule has 16 heavy (non-hydrogen) atoms. The number of aliphatic hydroxyl groups is 2. The molecule has 0 amide bonds. The summed E-state index contributed by atoms with van der Waals surface area (Å²) in [6.45, 7) is 2.02. The molecule has 2 heterocycles. The second-order valence-electron chi connectivity index (χ2n) is 4.46. The summed E-state index contributed by atoms with van der Waals surface area (Å²) in [5, 5.41) is 30.3. The zero-order chi connectivity index (χ0) is 11.4. The lowest BCUT2D eigenvalue weighted by molar-refractivity contribution is 0.114. The lowest BCUT2D eigenvalue weighted by Gasteiger charge is -2.21. The zero-order valence-corrected chi connectivity index (χ0v) is 9.49. The summed E-state index contributed by atoms with van der Waals surface area (Å²) in [6.07, 6.45) is 4.10. The Morgan fingerprint density at radius 2 is 1.31 bits per heavy atom. The third-order valence-electron chi connectivity index (χ3n) is 3.38. The van der Waals surface area contributed by atoms with E-state index in [1.807, 2.05) is 10.0 Å². The molecule has 0 aromatic rings. The number of nitrogens with zero attached hydrogens (tertiary/aromatic N) is 4. The zero-order valence-electron chi connectivity index (χ0n) is 9.49. The van der Waals surface area contributed by atoms with Crippen molar-refractivity contribution in [1.82, 2.24) is 10.0 Å². The minimum absolute atomic E-state index is 0.124. The highest BCUT2D eigenvalue weighted by Crippen LogP contribution is 2.20. The van der Waals surface area contributed by atoms with Gasteiger partial charge in [0.25, 0.3) is 0 Å². The van der Waals surface area contributed by atoms with Crippen molar-refractivity contribution in [2.75, 3.05) is 26.3 Å². The van der Waals surface area contributed by atoms with Gasteiger partial charge in [0.2, 0.25) is 0 Å². The topological polar surface area (TPSA) is 71.7 Å². The molecule has 0 aliphatic carbocycles. The van der Waals surface area contributed by atoms with Crippen LogP contribution in [-0.4, -0.2) is 58.6 Å². The van der Waals surface area contributed by atoms with Gasteiger partial charge in [-0.2, -0.15) is 0 Å². The molecule has 6 nitrogen and oxygen atoms in total. The molecule has 2 saturated heterocycles. The molecule has 0 saturated carbocycles. The van der Waals surface area contributed by atoms with Crippen molar-refractivity contribution < 1.29 is 10.2 Å². The summed E-state index contributed by atoms with van der Waals surface area (Å²) in [6, 6.07) is 0.248. The van der Waals surface area contributed by atoms with Crippen molar-refractivity contribution in [2.45, 2.75) is 37.8 Å². The number of rotatable bonds is 4. The van der Waals surface area contributed by atoms with E-state index in [0.29, 0.717) is 0 Å². The molecule has 2 rings (SSSR count). The molecule has 2 aliphatic rings. The molecule has 0 aromatic carbocycles. The Balaban J connectivity index is 1.88. The van der Waals surface area contributed by atoms with Crippen LogP contribution in [0.5, 0.6) is 0 Å². The normalized spacial score (nSPS) is 30.9. The summed E-state index contributed by atoms with van der Waals surface area (Å²) in [5.74, 6) is 0. The molecule has 92 valence electrons. The van der Waals surface area contributed by atoms with Gasteiger partial charge in [0.05, 0.1) is 25.3 Å². The third-order valence-corrected chi connectivity index (χ3v) is 3.38. The lowest BCUT2D eigenvalue weighted by Crippen LogP contribution is -2.30. The van der Waals surface area contributed by atoms with Crippen LogP contribution in [0.1, 0.15) is 25.7 Å². The Hall–Kier alpha value is -0.880. The largest absolute Gasteiger partial charge is 0.394 e. The molecular formula is C10H20N4O2. The summed E-state index contributed by atoms with van der Waals surface area (Å²) in [4.78, 5) is 0. The fraction of sp³-hybridized carbons (Fsp3) is 1.00. The van der Waals surface area contributed by atoms with Gasteiger partial charge in [-0.3, -0.25) is 10.0 Å². The van der Waals surface area contributed by atoms with Crippen molar-refractivity contribution in [3.05, 3.63) is 0 Å². The van der Waals surface area contributed by atoms with E-state index < -0.39 is 0 Å². The van der Waals surface area contributed by atoms with Crippen molar-refractivity contribution in [1.29, 1.82) is 0 Å². The highest BCUT2D eigenvalue weighted by molar-refractivity contribution is 4.76. The summed E-state index contributed by atoms with van der Waals surface area (Å²) in [5.41, 5.74) is 0. The van der Waals surface area contributed by atoms with E-state index in [0.717, 1.165) is 38.8 Å². The van der Waals surface area contributed by atoms with E-state index in [9.17, 15) is 0 Å². The molecule has 0 bridgehead atoms. The van der Waals surface area contributed by atoms with Crippen LogP contribution >= 0.6 is 0 Å². The third kappa shape index (κ3) is 2.44. The van der Waals surface area contributed by atoms with E-state index in [4.69, 9.17) is 10.2 Å². The first-order chi connectivity index (χ1) is 7.85. The summed E-state index contributed by atoms with van der Waals surface area (Å²) < 4.78 is 0. The van der Waals surface area contributed by atoms with E-state index in [2.05, 4.69) is 10.4 Å². The van der Waals surface area contributed by atoms with Gasteiger partial charge in [0.1, 0.15) is 0 Å². The fourth-order valence-electron chi connectivity index (χ4n) is 2.35. The Labute approximate surface area is 95.5 Å². The molecule has 2 atom stereocenters. The second kappa shape index (κ2) is 5.45. The Kier molecular flexibility index (Phi) is 3.95. The Bertz CT molecular complexity index is 225. The fourth-order valence-corrected chi connectivity index (χ4v) is 2.35. The SMILES string of the molecule is OCC1CCCN1/N=N/N1CCCC1CO. The predicted molar refractivity (Wildman–Crippen MR) is 58.5 cm³/mol. The first kappa shape index (κ1) is 11.6. The molecule has 0 spiro atoms. The Morgan fingerprint density at radius 3 is 1.69 bits per heavy atom. The molecule has 2 aliphatic heterocycles. The average molecular weight is 228 g/mol. The van der Waals surface area contributed by atoms with Crippen molar-refractivity contribution in [3.8, 4) is 0 Å². The maximum absolute atomic E-state index is 9.13. The van der Waals surface area contributed by atoms with E-state index in [1.165, 1.54) is 0 Å². The molecule has 6 heteroatoms. The average Bonchev–Trinajstić information content (AvgIpc) is 2.94. The van der Waals surface area contributed by atoms with Crippen LogP contribution in [0.2, 0.25) is 0 Å². The maximum atomic E-state index is 9.13. The minimum atomic E-state index is 0.124. The monoisotopic (exact) mass is 228 g/mol. The highest BCUT2D eigenvalue weighted by atomic mass is 16.3. The highest BCUT2D eigenvalue weighted by Gasteiger charge is 2.25. The van der Waals surface area contributed by atoms with Crippen LogP contribution in [0, 0.1) is 0 Å². The Morgan fingerprint density at radius 1 is 0.875 bits per heavy atom. The van der Waals surface area contributed by atoms with Crippen molar-refractivity contribution in [2.24, 2.45) is 10.4 Å². The minimum Gasteiger partial charge on any atom is -0.394 e.